The summed E-state index contributed by atoms with van der Waals surface area (Å²) in [4.78, 5) is 4.21. The van der Waals surface area contributed by atoms with Gasteiger partial charge in [-0.2, -0.15) is 4.98 Å². The van der Waals surface area contributed by atoms with Gasteiger partial charge in [0.05, 0.1) is 0 Å². The lowest BCUT2D eigenvalue weighted by molar-refractivity contribution is 0.353. The zero-order valence-electron chi connectivity index (χ0n) is 8.50. The van der Waals surface area contributed by atoms with E-state index in [9.17, 15) is 0 Å². The van der Waals surface area contributed by atoms with Gasteiger partial charge in [0, 0.05) is 5.92 Å². The summed E-state index contributed by atoms with van der Waals surface area (Å²) in [6, 6.07) is 0. The number of rotatable bonds is 1. The fourth-order valence-corrected chi connectivity index (χ4v) is 3.29. The summed E-state index contributed by atoms with van der Waals surface area (Å²) in [5.41, 5.74) is 0. The van der Waals surface area contributed by atoms with Crippen molar-refractivity contribution >= 4 is 34.8 Å². The Kier molecular flexibility index (Phi) is 2.61. The largest absolute Gasteiger partial charge is 0.335 e. The highest BCUT2D eigenvalue weighted by Crippen LogP contribution is 2.52. The van der Waals surface area contributed by atoms with E-state index in [2.05, 4.69) is 10.1 Å². The molecule has 1 aromatic rings. The molecule has 0 radical (unpaired) electrons. The number of alkyl halides is 3. The summed E-state index contributed by atoms with van der Waals surface area (Å²) in [6.45, 7) is 0. The summed E-state index contributed by atoms with van der Waals surface area (Å²) in [6.07, 6.45) is 5.06. The standard InChI is InChI=1S/C10H11Cl3N2O/c11-10(12,13)9-14-8(15-16-9)7-4-5-1-2-6(7)3-5/h5-7H,1-4H2/t5-,6+,7?/m1/s1. The minimum Gasteiger partial charge on any atom is -0.335 e. The van der Waals surface area contributed by atoms with Crippen LogP contribution in [-0.2, 0) is 3.79 Å². The van der Waals surface area contributed by atoms with Gasteiger partial charge in [-0.1, -0.05) is 46.4 Å². The normalized spacial score (nSPS) is 33.6. The summed E-state index contributed by atoms with van der Waals surface area (Å²) in [5.74, 6) is 2.74. The lowest BCUT2D eigenvalue weighted by Crippen LogP contribution is -2.10. The topological polar surface area (TPSA) is 38.9 Å². The Morgan fingerprint density at radius 3 is 2.50 bits per heavy atom. The maximum Gasteiger partial charge on any atom is 0.278 e. The zero-order chi connectivity index (χ0) is 11.3. The molecule has 0 aliphatic heterocycles. The molecule has 1 heterocycles. The minimum atomic E-state index is -1.61. The molecule has 2 aliphatic carbocycles. The molecule has 3 atom stereocenters. The average molecular weight is 282 g/mol. The van der Waals surface area contributed by atoms with Gasteiger partial charge in [0.25, 0.3) is 9.68 Å². The number of halogens is 3. The molecule has 0 spiro atoms. The molecule has 3 nitrogen and oxygen atoms in total. The maximum absolute atomic E-state index is 5.69. The van der Waals surface area contributed by atoms with Gasteiger partial charge in [-0.05, 0) is 31.1 Å². The number of fused-ring (bicyclic) bond motifs is 2. The van der Waals surface area contributed by atoms with Crippen LogP contribution in [0.3, 0.4) is 0 Å². The highest BCUT2D eigenvalue weighted by Gasteiger charge is 2.43. The number of hydrogen-bond donors (Lipinski definition) is 0. The molecular weight excluding hydrogens is 270 g/mol. The van der Waals surface area contributed by atoms with Crippen molar-refractivity contribution in [3.05, 3.63) is 11.7 Å². The van der Waals surface area contributed by atoms with E-state index in [4.69, 9.17) is 39.3 Å². The van der Waals surface area contributed by atoms with Crippen LogP contribution in [0.4, 0.5) is 0 Å². The molecule has 2 saturated carbocycles. The van der Waals surface area contributed by atoms with Gasteiger partial charge in [-0.15, -0.1) is 0 Å². The summed E-state index contributed by atoms with van der Waals surface area (Å²) in [7, 11) is 0. The van der Waals surface area contributed by atoms with Crippen molar-refractivity contribution in [3.63, 3.8) is 0 Å². The quantitative estimate of drug-likeness (QED) is 0.735. The van der Waals surface area contributed by atoms with Crippen LogP contribution < -0.4 is 0 Å². The lowest BCUT2D eigenvalue weighted by atomic mass is 9.88. The molecule has 6 heteroatoms. The molecule has 16 heavy (non-hydrogen) atoms. The Hall–Kier alpha value is 0.01000. The van der Waals surface area contributed by atoms with Crippen LogP contribution in [0.25, 0.3) is 0 Å². The molecule has 1 unspecified atom stereocenters. The van der Waals surface area contributed by atoms with Gasteiger partial charge in [-0.3, -0.25) is 0 Å². The first-order valence-electron chi connectivity index (χ1n) is 5.45. The van der Waals surface area contributed by atoms with Gasteiger partial charge >= 0.3 is 0 Å². The smallest absolute Gasteiger partial charge is 0.278 e. The van der Waals surface area contributed by atoms with Crippen LogP contribution in [0, 0.1) is 11.8 Å². The van der Waals surface area contributed by atoms with Crippen molar-refractivity contribution in [2.75, 3.05) is 0 Å². The summed E-state index contributed by atoms with van der Waals surface area (Å²) < 4.78 is 3.38. The first-order valence-corrected chi connectivity index (χ1v) is 6.58. The first kappa shape index (κ1) is 11.1. The number of aromatic nitrogens is 2. The van der Waals surface area contributed by atoms with Gasteiger partial charge in [-0.25, -0.2) is 0 Å². The van der Waals surface area contributed by atoms with Crippen molar-refractivity contribution in [1.29, 1.82) is 0 Å². The molecule has 88 valence electrons. The predicted molar refractivity (Wildman–Crippen MR) is 61.7 cm³/mol. The molecule has 0 amide bonds. The summed E-state index contributed by atoms with van der Waals surface area (Å²) >= 11 is 17.1. The Bertz CT molecular complexity index is 401. The molecule has 0 N–H and O–H groups in total. The van der Waals surface area contributed by atoms with Crippen LogP contribution in [0.2, 0.25) is 0 Å². The zero-order valence-corrected chi connectivity index (χ0v) is 10.8. The van der Waals surface area contributed by atoms with Crippen LogP contribution >= 0.6 is 34.8 Å². The van der Waals surface area contributed by atoms with Crippen LogP contribution in [0.5, 0.6) is 0 Å². The second-order valence-corrected chi connectivity index (χ2v) is 7.02. The highest BCUT2D eigenvalue weighted by molar-refractivity contribution is 6.66. The molecule has 1 aromatic heterocycles. The first-order chi connectivity index (χ1) is 7.54. The fraction of sp³-hybridized carbons (Fsp3) is 0.800. The van der Waals surface area contributed by atoms with Crippen LogP contribution in [-0.4, -0.2) is 10.1 Å². The molecule has 0 saturated heterocycles. The number of nitrogens with zero attached hydrogens (tertiary/aromatic N) is 2. The van der Waals surface area contributed by atoms with Crippen LogP contribution in [0.15, 0.2) is 4.52 Å². The molecule has 3 rings (SSSR count). The second kappa shape index (κ2) is 3.76. The third-order valence-corrected chi connectivity index (χ3v) is 4.24. The molecular formula is C10H11Cl3N2O. The third kappa shape index (κ3) is 1.83. The predicted octanol–water partition coefficient (Wildman–Crippen LogP) is 3.80. The van der Waals surface area contributed by atoms with Crippen molar-refractivity contribution in [1.82, 2.24) is 10.1 Å². The van der Waals surface area contributed by atoms with Gasteiger partial charge in [0.1, 0.15) is 0 Å². The molecule has 0 aromatic carbocycles. The van der Waals surface area contributed by atoms with E-state index in [1.54, 1.807) is 0 Å². The highest BCUT2D eigenvalue weighted by atomic mass is 35.6. The Morgan fingerprint density at radius 1 is 1.19 bits per heavy atom. The van der Waals surface area contributed by atoms with Gasteiger partial charge < -0.3 is 4.52 Å². The Morgan fingerprint density at radius 2 is 2.00 bits per heavy atom. The monoisotopic (exact) mass is 280 g/mol. The van der Waals surface area contributed by atoms with Crippen LogP contribution in [0.1, 0.15) is 43.3 Å². The van der Waals surface area contributed by atoms with Gasteiger partial charge in [0.15, 0.2) is 5.82 Å². The molecule has 2 aliphatic rings. The second-order valence-electron chi connectivity index (χ2n) is 4.74. The van der Waals surface area contributed by atoms with Crippen molar-refractivity contribution in [2.45, 2.75) is 35.4 Å². The van der Waals surface area contributed by atoms with E-state index in [0.717, 1.165) is 12.3 Å². The maximum atomic E-state index is 5.69. The third-order valence-electron chi connectivity index (χ3n) is 3.75. The van der Waals surface area contributed by atoms with E-state index in [-0.39, 0.29) is 5.89 Å². The van der Waals surface area contributed by atoms with Crippen molar-refractivity contribution < 1.29 is 4.52 Å². The van der Waals surface area contributed by atoms with E-state index < -0.39 is 3.79 Å². The number of hydrogen-bond acceptors (Lipinski definition) is 3. The molecule has 2 fully saturated rings. The summed E-state index contributed by atoms with van der Waals surface area (Å²) in [5, 5.41) is 3.94. The Balaban J connectivity index is 1.83. The van der Waals surface area contributed by atoms with E-state index in [0.29, 0.717) is 17.7 Å². The van der Waals surface area contributed by atoms with E-state index in [1.165, 1.54) is 19.3 Å². The SMILES string of the molecule is ClC(Cl)(Cl)c1nc(C2C[C@@H]3CC[C@H]2C3)no1. The Labute approximate surface area is 108 Å². The fourth-order valence-electron chi connectivity index (χ4n) is 3.06. The van der Waals surface area contributed by atoms with E-state index >= 15 is 0 Å². The van der Waals surface area contributed by atoms with E-state index in [1.807, 2.05) is 0 Å². The van der Waals surface area contributed by atoms with Gasteiger partial charge in [0.2, 0.25) is 0 Å². The average Bonchev–Trinajstić information content (AvgIpc) is 2.92. The minimum absolute atomic E-state index is 0.0790. The van der Waals surface area contributed by atoms with Crippen molar-refractivity contribution in [3.8, 4) is 0 Å². The molecule has 2 bridgehead atoms. The lowest BCUT2D eigenvalue weighted by Gasteiger charge is -2.17. The van der Waals surface area contributed by atoms with Crippen molar-refractivity contribution in [2.24, 2.45) is 11.8 Å².